The van der Waals surface area contributed by atoms with Crippen molar-refractivity contribution >= 4 is 35.0 Å². The molecule has 1 aliphatic heterocycles. The fraction of sp³-hybridized carbons (Fsp3) is 0.389. The molecule has 26 heavy (non-hydrogen) atoms. The first-order valence-electron chi connectivity index (χ1n) is 7.99. The summed E-state index contributed by atoms with van der Waals surface area (Å²) in [5.74, 6) is -0.00208. The average molecular weight is 379 g/mol. The Balaban J connectivity index is 2.18. The van der Waals surface area contributed by atoms with E-state index < -0.39 is 23.7 Å². The number of benzene rings is 1. The van der Waals surface area contributed by atoms with E-state index >= 15 is 0 Å². The highest BCUT2D eigenvalue weighted by molar-refractivity contribution is 8.18. The van der Waals surface area contributed by atoms with Gasteiger partial charge in [0.1, 0.15) is 6.54 Å². The minimum atomic E-state index is -0.610. The summed E-state index contributed by atoms with van der Waals surface area (Å²) < 4.78 is 15.6. The number of rotatable bonds is 7. The number of carbonyl (C=O) groups is 3. The first-order valence-corrected chi connectivity index (χ1v) is 8.81. The second-order valence-electron chi connectivity index (χ2n) is 5.93. The number of carbonyl (C=O) groups excluding carboxylic acids is 3. The van der Waals surface area contributed by atoms with E-state index in [4.69, 9.17) is 14.2 Å². The first kappa shape index (κ1) is 19.8. The number of hydrogen-bond acceptors (Lipinski definition) is 7. The number of para-hydroxylation sites is 1. The van der Waals surface area contributed by atoms with Gasteiger partial charge in [0.15, 0.2) is 11.5 Å². The summed E-state index contributed by atoms with van der Waals surface area (Å²) in [7, 11) is 3.00. The van der Waals surface area contributed by atoms with Crippen LogP contribution in [0.25, 0.3) is 6.08 Å². The van der Waals surface area contributed by atoms with Gasteiger partial charge in [0.2, 0.25) is 0 Å². The lowest BCUT2D eigenvalue weighted by atomic mass is 10.1. The van der Waals surface area contributed by atoms with E-state index in [0.29, 0.717) is 17.1 Å². The van der Waals surface area contributed by atoms with Gasteiger partial charge in [-0.1, -0.05) is 26.0 Å². The Bertz CT molecular complexity index is 743. The van der Waals surface area contributed by atoms with Crippen LogP contribution in [0.5, 0.6) is 11.5 Å². The molecule has 0 aliphatic carbocycles. The predicted molar refractivity (Wildman–Crippen MR) is 98.0 cm³/mol. The third kappa shape index (κ3) is 4.57. The van der Waals surface area contributed by atoms with E-state index in [1.807, 2.05) is 13.8 Å². The minimum Gasteiger partial charge on any atom is -0.493 e. The zero-order valence-corrected chi connectivity index (χ0v) is 15.9. The Labute approximate surface area is 156 Å². The number of hydrogen-bond donors (Lipinski definition) is 0. The summed E-state index contributed by atoms with van der Waals surface area (Å²) in [6.45, 7) is 3.64. The van der Waals surface area contributed by atoms with Crippen LogP contribution in [0, 0.1) is 5.92 Å². The molecule has 0 bridgehead atoms. The highest BCUT2D eigenvalue weighted by Gasteiger charge is 2.37. The van der Waals surface area contributed by atoms with Crippen LogP contribution in [-0.2, 0) is 14.3 Å². The molecule has 1 aromatic carbocycles. The van der Waals surface area contributed by atoms with Crippen LogP contribution in [0.1, 0.15) is 19.4 Å². The predicted octanol–water partition coefficient (Wildman–Crippen LogP) is 2.94. The Kier molecular flexibility index (Phi) is 6.68. The van der Waals surface area contributed by atoms with Gasteiger partial charge < -0.3 is 14.2 Å². The normalized spacial score (nSPS) is 15.7. The minimum absolute atomic E-state index is 0.175. The molecule has 1 aromatic rings. The molecule has 0 aromatic heterocycles. The average Bonchev–Trinajstić information content (AvgIpc) is 2.87. The van der Waals surface area contributed by atoms with Crippen LogP contribution < -0.4 is 9.47 Å². The fourth-order valence-corrected chi connectivity index (χ4v) is 3.07. The van der Waals surface area contributed by atoms with Crippen LogP contribution in [0.15, 0.2) is 23.1 Å². The number of nitrogens with zero attached hydrogens (tertiary/aromatic N) is 1. The maximum absolute atomic E-state index is 12.5. The summed E-state index contributed by atoms with van der Waals surface area (Å²) in [6.07, 6.45) is 1.55. The monoisotopic (exact) mass is 379 g/mol. The van der Waals surface area contributed by atoms with Gasteiger partial charge in [0.05, 0.1) is 25.7 Å². The standard InChI is InChI=1S/C18H21NO6S/c1-11(2)10-25-15(20)9-19-17(21)14(26-18(19)22)8-12-6-5-7-13(23-3)16(12)24-4/h5-8,11H,9-10H2,1-4H3. The van der Waals surface area contributed by atoms with Crippen molar-refractivity contribution in [2.24, 2.45) is 5.92 Å². The van der Waals surface area contributed by atoms with E-state index in [1.165, 1.54) is 14.2 Å². The van der Waals surface area contributed by atoms with Gasteiger partial charge in [-0.15, -0.1) is 0 Å². The molecule has 0 N–H and O–H groups in total. The molecule has 0 radical (unpaired) electrons. The largest absolute Gasteiger partial charge is 0.493 e. The zero-order chi connectivity index (χ0) is 19.3. The molecule has 7 nitrogen and oxygen atoms in total. The molecule has 0 spiro atoms. The Morgan fingerprint density at radius 1 is 1.23 bits per heavy atom. The molecule has 0 saturated carbocycles. The lowest BCUT2D eigenvalue weighted by molar-refractivity contribution is -0.147. The van der Waals surface area contributed by atoms with Crippen molar-refractivity contribution in [3.05, 3.63) is 28.7 Å². The Morgan fingerprint density at radius 2 is 1.96 bits per heavy atom. The van der Waals surface area contributed by atoms with Gasteiger partial charge in [-0.3, -0.25) is 19.3 Å². The number of ether oxygens (including phenoxy) is 3. The SMILES string of the molecule is COc1cccc(C=C2SC(=O)N(CC(=O)OCC(C)C)C2=O)c1OC. The lowest BCUT2D eigenvalue weighted by Gasteiger charge is -2.13. The summed E-state index contributed by atoms with van der Waals surface area (Å²) in [6, 6.07) is 5.22. The molecule has 0 atom stereocenters. The highest BCUT2D eigenvalue weighted by Crippen LogP contribution is 2.37. The van der Waals surface area contributed by atoms with E-state index in [2.05, 4.69) is 0 Å². The number of amides is 2. The van der Waals surface area contributed by atoms with E-state index in [9.17, 15) is 14.4 Å². The summed E-state index contributed by atoms with van der Waals surface area (Å²) >= 11 is 0.770. The lowest BCUT2D eigenvalue weighted by Crippen LogP contribution is -2.34. The van der Waals surface area contributed by atoms with Crippen LogP contribution >= 0.6 is 11.8 Å². The fourth-order valence-electron chi connectivity index (χ4n) is 2.24. The molecule has 140 valence electrons. The van der Waals surface area contributed by atoms with Crippen molar-refractivity contribution in [3.63, 3.8) is 0 Å². The number of thioether (sulfide) groups is 1. The van der Waals surface area contributed by atoms with E-state index in [-0.39, 0.29) is 17.4 Å². The molecule has 2 rings (SSSR count). The van der Waals surface area contributed by atoms with Crippen molar-refractivity contribution in [2.45, 2.75) is 13.8 Å². The molecule has 1 saturated heterocycles. The molecule has 2 amide bonds. The molecule has 1 aliphatic rings. The van der Waals surface area contributed by atoms with E-state index in [1.54, 1.807) is 24.3 Å². The second-order valence-corrected chi connectivity index (χ2v) is 6.92. The Morgan fingerprint density at radius 3 is 2.58 bits per heavy atom. The maximum atomic E-state index is 12.5. The third-order valence-corrected chi connectivity index (χ3v) is 4.37. The van der Waals surface area contributed by atoms with Gasteiger partial charge in [0, 0.05) is 5.56 Å². The van der Waals surface area contributed by atoms with E-state index in [0.717, 1.165) is 16.7 Å². The second kappa shape index (κ2) is 8.75. The van der Waals surface area contributed by atoms with Crippen LogP contribution in [0.2, 0.25) is 0 Å². The first-order chi connectivity index (χ1) is 12.4. The summed E-state index contributed by atoms with van der Waals surface area (Å²) in [5, 5.41) is -0.510. The molecule has 8 heteroatoms. The zero-order valence-electron chi connectivity index (χ0n) is 15.1. The molecule has 0 unspecified atom stereocenters. The van der Waals surface area contributed by atoms with Crippen molar-refractivity contribution < 1.29 is 28.6 Å². The topological polar surface area (TPSA) is 82.1 Å². The van der Waals surface area contributed by atoms with Crippen LogP contribution in [0.4, 0.5) is 4.79 Å². The number of methoxy groups -OCH3 is 2. The highest BCUT2D eigenvalue weighted by atomic mass is 32.2. The van der Waals surface area contributed by atoms with Gasteiger partial charge in [-0.2, -0.15) is 0 Å². The van der Waals surface area contributed by atoms with Crippen LogP contribution in [-0.4, -0.2) is 49.4 Å². The number of imide groups is 1. The molecule has 1 heterocycles. The molecular weight excluding hydrogens is 358 g/mol. The van der Waals surface area contributed by atoms with Crippen molar-refractivity contribution in [1.29, 1.82) is 0 Å². The Hall–Kier alpha value is -2.48. The maximum Gasteiger partial charge on any atom is 0.326 e. The smallest absolute Gasteiger partial charge is 0.326 e. The van der Waals surface area contributed by atoms with Crippen molar-refractivity contribution in [3.8, 4) is 11.5 Å². The van der Waals surface area contributed by atoms with Gasteiger partial charge in [-0.25, -0.2) is 0 Å². The molecular formula is C18H21NO6S. The number of esters is 1. The summed E-state index contributed by atoms with van der Waals surface area (Å²) in [4.78, 5) is 37.5. The van der Waals surface area contributed by atoms with Gasteiger partial charge in [-0.05, 0) is 29.8 Å². The van der Waals surface area contributed by atoms with Gasteiger partial charge >= 0.3 is 5.97 Å². The summed E-state index contributed by atoms with van der Waals surface area (Å²) in [5.41, 5.74) is 0.597. The molecule has 1 fully saturated rings. The quantitative estimate of drug-likeness (QED) is 0.532. The van der Waals surface area contributed by atoms with Crippen LogP contribution in [0.3, 0.4) is 0 Å². The third-order valence-electron chi connectivity index (χ3n) is 3.46. The van der Waals surface area contributed by atoms with Crippen molar-refractivity contribution in [1.82, 2.24) is 4.90 Å². The van der Waals surface area contributed by atoms with Crippen molar-refractivity contribution in [2.75, 3.05) is 27.4 Å². The van der Waals surface area contributed by atoms with Gasteiger partial charge in [0.25, 0.3) is 11.1 Å².